The molecule has 1 heterocycles. The molecule has 1 aromatic rings. The maximum atomic E-state index is 12.9. The van der Waals surface area contributed by atoms with Crippen molar-refractivity contribution >= 4 is 17.4 Å². The fourth-order valence-electron chi connectivity index (χ4n) is 0.955. The van der Waals surface area contributed by atoms with Crippen LogP contribution in [0.25, 0.3) is 0 Å². The van der Waals surface area contributed by atoms with Gasteiger partial charge in [0.15, 0.2) is 0 Å². The van der Waals surface area contributed by atoms with Gasteiger partial charge >= 0.3 is 12.2 Å². The molecule has 0 N–H and O–H groups in total. The summed E-state index contributed by atoms with van der Waals surface area (Å²) in [7, 11) is 0. The van der Waals surface area contributed by atoms with Gasteiger partial charge in [0.25, 0.3) is 0 Å². The van der Waals surface area contributed by atoms with Crippen LogP contribution in [0.3, 0.4) is 0 Å². The minimum absolute atomic E-state index is 0.255. The Morgan fingerprint density at radius 2 is 2.20 bits per heavy atom. The molecular weight excluding hydrogens is 237 g/mol. The Kier molecular flexibility index (Phi) is 3.46. The van der Waals surface area contributed by atoms with Crippen molar-refractivity contribution in [2.45, 2.75) is 12.3 Å². The average Bonchev–Trinajstić information content (AvgIpc) is 2.16. The monoisotopic (exact) mass is 240 g/mol. The quantitative estimate of drug-likeness (QED) is 0.464. The summed E-state index contributed by atoms with van der Waals surface area (Å²) in [5.74, 6) is -2.89. The lowest BCUT2D eigenvalue weighted by molar-refractivity contribution is -0.392. The first-order chi connectivity index (χ1) is 6.97. The Bertz CT molecular complexity index is 400. The smallest absolute Gasteiger partial charge is 0.358 e. The largest absolute Gasteiger partial charge is 0.400 e. The SMILES string of the molecule is O=[N+]([O-])c1nc(C(F)F)c(CCl)cc1F. The summed E-state index contributed by atoms with van der Waals surface area (Å²) in [4.78, 5) is 12.0. The lowest BCUT2D eigenvalue weighted by Gasteiger charge is -2.02. The molecule has 82 valence electrons. The molecule has 1 aromatic heterocycles. The van der Waals surface area contributed by atoms with E-state index in [-0.39, 0.29) is 11.4 Å². The number of rotatable bonds is 3. The molecule has 0 atom stereocenters. The van der Waals surface area contributed by atoms with Crippen LogP contribution in [0.1, 0.15) is 17.7 Å². The number of hydrogen-bond acceptors (Lipinski definition) is 3. The predicted octanol–water partition coefficient (Wildman–Crippen LogP) is 2.81. The molecule has 0 fully saturated rings. The van der Waals surface area contributed by atoms with Gasteiger partial charge in [0.1, 0.15) is 0 Å². The molecule has 0 saturated carbocycles. The van der Waals surface area contributed by atoms with E-state index >= 15 is 0 Å². The summed E-state index contributed by atoms with van der Waals surface area (Å²) in [5, 5.41) is 10.2. The van der Waals surface area contributed by atoms with Crippen LogP contribution in [-0.2, 0) is 5.88 Å². The van der Waals surface area contributed by atoms with E-state index in [4.69, 9.17) is 11.6 Å². The van der Waals surface area contributed by atoms with Gasteiger partial charge in [-0.2, -0.15) is 4.39 Å². The normalized spacial score (nSPS) is 10.7. The molecule has 0 unspecified atom stereocenters. The predicted molar refractivity (Wildman–Crippen MR) is 45.4 cm³/mol. The second kappa shape index (κ2) is 4.43. The summed E-state index contributed by atoms with van der Waals surface area (Å²) in [6.45, 7) is 0. The highest BCUT2D eigenvalue weighted by molar-refractivity contribution is 6.17. The second-order valence-electron chi connectivity index (χ2n) is 2.53. The van der Waals surface area contributed by atoms with E-state index in [0.717, 1.165) is 0 Å². The van der Waals surface area contributed by atoms with Crippen molar-refractivity contribution in [3.8, 4) is 0 Å². The van der Waals surface area contributed by atoms with Gasteiger partial charge in [-0.05, 0) is 16.0 Å². The van der Waals surface area contributed by atoms with E-state index in [1.165, 1.54) is 0 Å². The molecule has 1 rings (SSSR count). The van der Waals surface area contributed by atoms with Gasteiger partial charge < -0.3 is 10.1 Å². The van der Waals surface area contributed by atoms with Crippen molar-refractivity contribution in [2.24, 2.45) is 0 Å². The number of aromatic nitrogens is 1. The number of pyridine rings is 1. The van der Waals surface area contributed by atoms with Gasteiger partial charge in [-0.1, -0.05) is 0 Å². The van der Waals surface area contributed by atoms with Gasteiger partial charge in [-0.15, -0.1) is 11.6 Å². The minimum atomic E-state index is -3.03. The van der Waals surface area contributed by atoms with Crippen molar-refractivity contribution in [3.05, 3.63) is 33.3 Å². The maximum Gasteiger partial charge on any atom is 0.400 e. The first-order valence-corrected chi connectivity index (χ1v) is 4.18. The van der Waals surface area contributed by atoms with E-state index in [1.54, 1.807) is 0 Å². The molecular formula is C7H4ClF3N2O2. The molecule has 0 bridgehead atoms. The molecule has 0 amide bonds. The van der Waals surface area contributed by atoms with Crippen molar-refractivity contribution in [3.63, 3.8) is 0 Å². The third-order valence-corrected chi connectivity index (χ3v) is 1.88. The van der Waals surface area contributed by atoms with Crippen LogP contribution in [0, 0.1) is 15.9 Å². The van der Waals surface area contributed by atoms with Gasteiger partial charge in [0.05, 0.1) is 5.88 Å². The van der Waals surface area contributed by atoms with Crippen LogP contribution in [0.4, 0.5) is 19.0 Å². The van der Waals surface area contributed by atoms with Crippen LogP contribution >= 0.6 is 11.6 Å². The second-order valence-corrected chi connectivity index (χ2v) is 2.80. The summed E-state index contributed by atoms with van der Waals surface area (Å²) in [6, 6.07) is 0.597. The topological polar surface area (TPSA) is 56.0 Å². The van der Waals surface area contributed by atoms with Crippen LogP contribution in [0.15, 0.2) is 6.07 Å². The molecule has 8 heteroatoms. The minimum Gasteiger partial charge on any atom is -0.358 e. The first kappa shape index (κ1) is 11.7. The maximum absolute atomic E-state index is 12.9. The van der Waals surface area contributed by atoms with Crippen molar-refractivity contribution < 1.29 is 18.1 Å². The summed E-state index contributed by atoms with van der Waals surface area (Å²) < 4.78 is 37.6. The highest BCUT2D eigenvalue weighted by Gasteiger charge is 2.27. The van der Waals surface area contributed by atoms with Crippen LogP contribution in [-0.4, -0.2) is 9.91 Å². The third-order valence-electron chi connectivity index (χ3n) is 1.59. The molecule has 0 saturated heterocycles. The number of nitrogens with zero attached hydrogens (tertiary/aromatic N) is 2. The summed E-state index contributed by atoms with van der Waals surface area (Å²) >= 11 is 5.27. The third kappa shape index (κ3) is 2.35. The van der Waals surface area contributed by atoms with Gasteiger partial charge in [-0.25, -0.2) is 8.78 Å². The Morgan fingerprint density at radius 1 is 1.60 bits per heavy atom. The highest BCUT2D eigenvalue weighted by Crippen LogP contribution is 2.26. The standard InChI is InChI=1S/C7H4ClF3N2O2/c8-2-3-1-4(9)7(13(14)15)12-5(3)6(10)11/h1,6H,2H2. The Hall–Kier alpha value is -1.37. The zero-order valence-electron chi connectivity index (χ0n) is 7.08. The van der Waals surface area contributed by atoms with Crippen LogP contribution < -0.4 is 0 Å². The van der Waals surface area contributed by atoms with Crippen molar-refractivity contribution in [2.75, 3.05) is 0 Å². The van der Waals surface area contributed by atoms with Gasteiger partial charge in [0, 0.05) is 5.56 Å². The number of nitro groups is 1. The van der Waals surface area contributed by atoms with Crippen molar-refractivity contribution in [1.82, 2.24) is 4.98 Å². The number of hydrogen-bond donors (Lipinski definition) is 0. The lowest BCUT2D eigenvalue weighted by atomic mass is 10.2. The Labute approximate surface area is 86.8 Å². The summed E-state index contributed by atoms with van der Waals surface area (Å²) in [5.41, 5.74) is -1.12. The van der Waals surface area contributed by atoms with Gasteiger partial charge in [0.2, 0.25) is 11.5 Å². The van der Waals surface area contributed by atoms with E-state index < -0.39 is 28.7 Å². The van der Waals surface area contributed by atoms with E-state index in [9.17, 15) is 23.3 Å². The number of alkyl halides is 3. The Morgan fingerprint density at radius 3 is 2.60 bits per heavy atom. The van der Waals surface area contributed by atoms with Crippen molar-refractivity contribution in [1.29, 1.82) is 0 Å². The molecule has 0 aromatic carbocycles. The number of halogens is 4. The van der Waals surface area contributed by atoms with E-state index in [1.807, 2.05) is 0 Å². The fraction of sp³-hybridized carbons (Fsp3) is 0.286. The highest BCUT2D eigenvalue weighted by atomic mass is 35.5. The molecule has 0 aliphatic heterocycles. The molecule has 0 spiro atoms. The summed E-state index contributed by atoms with van der Waals surface area (Å²) in [6.07, 6.45) is -3.03. The molecule has 15 heavy (non-hydrogen) atoms. The van der Waals surface area contributed by atoms with Crippen LogP contribution in [0.2, 0.25) is 0 Å². The molecule has 4 nitrogen and oxygen atoms in total. The van der Waals surface area contributed by atoms with E-state index in [2.05, 4.69) is 4.98 Å². The Balaban J connectivity index is 3.37. The molecule has 0 aliphatic rings. The zero-order valence-corrected chi connectivity index (χ0v) is 7.84. The average molecular weight is 241 g/mol. The molecule has 0 aliphatic carbocycles. The lowest BCUT2D eigenvalue weighted by Crippen LogP contribution is -2.04. The van der Waals surface area contributed by atoms with Gasteiger partial charge in [-0.3, -0.25) is 0 Å². The fourth-order valence-corrected chi connectivity index (χ4v) is 1.17. The van der Waals surface area contributed by atoms with Crippen LogP contribution in [0.5, 0.6) is 0 Å². The molecule has 0 radical (unpaired) electrons. The zero-order chi connectivity index (χ0) is 11.6. The first-order valence-electron chi connectivity index (χ1n) is 3.65. The van der Waals surface area contributed by atoms with E-state index in [0.29, 0.717) is 6.07 Å².